The van der Waals surface area contributed by atoms with E-state index in [2.05, 4.69) is 0 Å². The first kappa shape index (κ1) is 14.4. The lowest BCUT2D eigenvalue weighted by atomic mass is 9.92. The minimum absolute atomic E-state index is 0.261. The van der Waals surface area contributed by atoms with Crippen molar-refractivity contribution in [3.05, 3.63) is 35.4 Å². The molecule has 0 radical (unpaired) electrons. The van der Waals surface area contributed by atoms with Gasteiger partial charge in [0, 0.05) is 5.56 Å². The second-order valence-corrected chi connectivity index (χ2v) is 3.50. The highest BCUT2D eigenvalue weighted by molar-refractivity contribution is 6.58. The van der Waals surface area contributed by atoms with E-state index in [4.69, 9.17) is 0 Å². The van der Waals surface area contributed by atoms with Gasteiger partial charge in [-0.05, 0) is 30.7 Å². The maximum absolute atomic E-state index is 12.2. The summed E-state index contributed by atoms with van der Waals surface area (Å²) in [4.78, 5) is 11.2. The Hall–Kier alpha value is -1.67. The van der Waals surface area contributed by atoms with Crippen molar-refractivity contribution in [3.63, 3.8) is 0 Å². The summed E-state index contributed by atoms with van der Waals surface area (Å²) in [6, 6.07) is 2.91. The minimum Gasteiger partial charge on any atom is -0.448 e. The van der Waals surface area contributed by atoms with Gasteiger partial charge in [-0.25, -0.2) is 0 Å². The third kappa shape index (κ3) is 4.30. The summed E-state index contributed by atoms with van der Waals surface area (Å²) in [6.07, 6.45) is -6.02. The topological polar surface area (TPSA) is 29.1 Å². The molecule has 0 saturated heterocycles. The fraction of sp³-hybridized carbons (Fsp3) is 0.222. The fourth-order valence-electron chi connectivity index (χ4n) is 1.12. The molecule has 0 aromatic heterocycles. The maximum atomic E-state index is 12.2. The Morgan fingerprint density at radius 1 is 1.11 bits per heavy atom. The van der Waals surface area contributed by atoms with Gasteiger partial charge in [0.05, 0.1) is 5.56 Å². The first-order valence-electron chi connectivity index (χ1n) is 4.76. The van der Waals surface area contributed by atoms with Crippen molar-refractivity contribution < 1.29 is 30.9 Å². The molecule has 0 bridgehead atoms. The van der Waals surface area contributed by atoms with Crippen LogP contribution in [0.1, 0.15) is 15.9 Å². The van der Waals surface area contributed by atoms with Crippen molar-refractivity contribution >= 4 is 12.9 Å². The Morgan fingerprint density at radius 2 is 1.61 bits per heavy atom. The minimum atomic E-state index is -5.17. The van der Waals surface area contributed by atoms with Gasteiger partial charge in [-0.1, -0.05) is 0 Å². The highest BCUT2D eigenvalue weighted by atomic mass is 19.4. The number of rotatable bonds is 3. The molecule has 0 heterocycles. The summed E-state index contributed by atoms with van der Waals surface area (Å²) in [5, 5.41) is 1.58. The molecule has 0 saturated carbocycles. The van der Waals surface area contributed by atoms with Crippen molar-refractivity contribution in [2.75, 3.05) is 6.44 Å². The Labute approximate surface area is 98.0 Å². The second-order valence-electron chi connectivity index (χ2n) is 3.50. The van der Waals surface area contributed by atoms with Crippen LogP contribution in [-0.2, 0) is 6.18 Å². The van der Waals surface area contributed by atoms with E-state index in [1.54, 1.807) is 5.32 Å². The van der Waals surface area contributed by atoms with Crippen LogP contribution in [0, 0.1) is 0 Å². The van der Waals surface area contributed by atoms with Crippen LogP contribution >= 0.6 is 0 Å². The predicted octanol–water partition coefficient (Wildman–Crippen LogP) is 2.82. The molecule has 2 nitrogen and oxygen atoms in total. The van der Waals surface area contributed by atoms with Gasteiger partial charge in [0.25, 0.3) is 0 Å². The van der Waals surface area contributed by atoms with Crippen molar-refractivity contribution in [1.82, 2.24) is 5.32 Å². The van der Waals surface area contributed by atoms with Crippen LogP contribution in [0.4, 0.5) is 26.1 Å². The molecule has 1 rings (SSSR count). The van der Waals surface area contributed by atoms with Crippen molar-refractivity contribution in [1.29, 1.82) is 0 Å². The van der Waals surface area contributed by atoms with Crippen LogP contribution in [0.3, 0.4) is 0 Å². The van der Waals surface area contributed by atoms with Crippen LogP contribution < -0.4 is 5.32 Å². The van der Waals surface area contributed by atoms with Crippen LogP contribution in [-0.4, -0.2) is 19.3 Å². The smallest absolute Gasteiger partial charge is 0.448 e. The zero-order chi connectivity index (χ0) is 14.0. The van der Waals surface area contributed by atoms with E-state index in [-0.39, 0.29) is 5.56 Å². The molecule has 0 spiro atoms. The standard InChI is InChI=1S/C9H7BF6NO/c11-9(12,13)7-3-1-6(2-4-7)8(18)17-5-10(14,15)16/h1-4H,5H2,(H,17,18)/q-1. The molecule has 18 heavy (non-hydrogen) atoms. The molecule has 0 atom stereocenters. The maximum Gasteiger partial charge on any atom is 0.497 e. The number of nitrogens with one attached hydrogen (secondary N) is 1. The molecule has 0 fully saturated rings. The summed E-state index contributed by atoms with van der Waals surface area (Å²) in [5.74, 6) is -1.07. The van der Waals surface area contributed by atoms with Gasteiger partial charge < -0.3 is 18.3 Å². The average Bonchev–Trinajstić information content (AvgIpc) is 2.24. The first-order valence-corrected chi connectivity index (χ1v) is 4.76. The largest absolute Gasteiger partial charge is 0.497 e. The lowest BCUT2D eigenvalue weighted by Gasteiger charge is -2.14. The number of amides is 1. The SMILES string of the molecule is O=C(NC[B-](F)(F)F)c1ccc(C(F)(F)F)cc1. The number of carbonyl (C=O) groups excluding carboxylic acids is 1. The number of carbonyl (C=O) groups is 1. The molecule has 1 N–H and O–H groups in total. The van der Waals surface area contributed by atoms with Crippen LogP contribution in [0.2, 0.25) is 0 Å². The van der Waals surface area contributed by atoms with Gasteiger partial charge >= 0.3 is 13.2 Å². The van der Waals surface area contributed by atoms with Gasteiger partial charge in [0.2, 0.25) is 5.91 Å². The molecule has 9 heteroatoms. The first-order chi connectivity index (χ1) is 8.09. The van der Waals surface area contributed by atoms with E-state index in [0.29, 0.717) is 12.1 Å². The van der Waals surface area contributed by atoms with E-state index < -0.39 is 31.1 Å². The van der Waals surface area contributed by atoms with Crippen molar-refractivity contribution in [3.8, 4) is 0 Å². The summed E-state index contributed by atoms with van der Waals surface area (Å²) in [5.41, 5.74) is -1.23. The quantitative estimate of drug-likeness (QED) is 0.664. The zero-order valence-corrected chi connectivity index (χ0v) is 8.77. The summed E-state index contributed by atoms with van der Waals surface area (Å²) in [7, 11) is 0. The lowest BCUT2D eigenvalue weighted by molar-refractivity contribution is -0.137. The molecular formula is C9H7BF6NO-. The van der Waals surface area contributed by atoms with E-state index in [0.717, 1.165) is 12.1 Å². The average molecular weight is 270 g/mol. The van der Waals surface area contributed by atoms with Crippen LogP contribution in [0.5, 0.6) is 0 Å². The van der Waals surface area contributed by atoms with Crippen molar-refractivity contribution in [2.24, 2.45) is 0 Å². The molecule has 1 aromatic carbocycles. The highest BCUT2D eigenvalue weighted by Crippen LogP contribution is 2.29. The Morgan fingerprint density at radius 3 is 2.00 bits per heavy atom. The predicted molar refractivity (Wildman–Crippen MR) is 52.9 cm³/mol. The number of hydrogen-bond acceptors (Lipinski definition) is 1. The number of hydrogen-bond donors (Lipinski definition) is 1. The molecule has 100 valence electrons. The molecule has 1 aromatic rings. The van der Waals surface area contributed by atoms with E-state index in [1.165, 1.54) is 0 Å². The normalized spacial score (nSPS) is 12.3. The highest BCUT2D eigenvalue weighted by Gasteiger charge is 2.30. The third-order valence-electron chi connectivity index (χ3n) is 1.97. The third-order valence-corrected chi connectivity index (χ3v) is 1.97. The Balaban J connectivity index is 2.71. The molecule has 1 amide bonds. The zero-order valence-electron chi connectivity index (χ0n) is 8.77. The lowest BCUT2D eigenvalue weighted by Crippen LogP contribution is -2.37. The Kier molecular flexibility index (Phi) is 3.93. The number of alkyl halides is 3. The fourth-order valence-corrected chi connectivity index (χ4v) is 1.12. The van der Waals surface area contributed by atoms with Crippen molar-refractivity contribution in [2.45, 2.75) is 6.18 Å². The van der Waals surface area contributed by atoms with Gasteiger partial charge in [0.15, 0.2) is 0 Å². The number of benzene rings is 1. The van der Waals surface area contributed by atoms with Crippen LogP contribution in [0.25, 0.3) is 0 Å². The summed E-state index contributed by atoms with van der Waals surface area (Å²) < 4.78 is 72.1. The molecular weight excluding hydrogens is 263 g/mol. The molecule has 0 aliphatic rings. The van der Waals surface area contributed by atoms with E-state index in [9.17, 15) is 30.9 Å². The van der Waals surface area contributed by atoms with E-state index in [1.807, 2.05) is 0 Å². The monoisotopic (exact) mass is 270 g/mol. The van der Waals surface area contributed by atoms with Gasteiger partial charge in [-0.2, -0.15) is 13.2 Å². The van der Waals surface area contributed by atoms with Gasteiger partial charge in [-0.15, -0.1) is 0 Å². The number of halogens is 6. The van der Waals surface area contributed by atoms with Gasteiger partial charge in [-0.3, -0.25) is 4.79 Å². The Bertz CT molecular complexity index is 424. The molecule has 0 aliphatic carbocycles. The summed E-state index contributed by atoms with van der Waals surface area (Å²) >= 11 is 0. The van der Waals surface area contributed by atoms with E-state index >= 15 is 0 Å². The molecule has 0 unspecified atom stereocenters. The van der Waals surface area contributed by atoms with Crippen LogP contribution in [0.15, 0.2) is 24.3 Å². The molecule has 0 aliphatic heterocycles. The second kappa shape index (κ2) is 4.91. The van der Waals surface area contributed by atoms with Gasteiger partial charge in [0.1, 0.15) is 0 Å². The summed E-state index contributed by atoms with van der Waals surface area (Å²) in [6.45, 7) is -5.17.